The van der Waals surface area contributed by atoms with Crippen LogP contribution in [-0.2, 0) is 4.79 Å². The third-order valence-electron chi connectivity index (χ3n) is 4.47. The van der Waals surface area contributed by atoms with Gasteiger partial charge in [0.25, 0.3) is 5.24 Å². The maximum Gasteiger partial charge on any atom is 0.335 e. The molecule has 2 amide bonds. The molecule has 0 aliphatic carbocycles. The predicted molar refractivity (Wildman–Crippen MR) is 127 cm³/mol. The first-order chi connectivity index (χ1) is 14.9. The summed E-state index contributed by atoms with van der Waals surface area (Å²) in [5, 5.41) is 13.4. The molecule has 0 radical (unpaired) electrons. The Balaban J connectivity index is 1.57. The maximum absolute atomic E-state index is 12.8. The van der Waals surface area contributed by atoms with Gasteiger partial charge >= 0.3 is 5.97 Å². The Kier molecular flexibility index (Phi) is 7.54. The lowest BCUT2D eigenvalue weighted by atomic mass is 10.2. The Hall–Kier alpha value is -3.04. The number of rotatable bonds is 8. The van der Waals surface area contributed by atoms with E-state index >= 15 is 0 Å². The molecule has 1 unspecified atom stereocenters. The number of hydrogen-bond donors (Lipinski definition) is 2. The van der Waals surface area contributed by atoms with Crippen molar-refractivity contribution in [2.24, 2.45) is 0 Å². The fraction of sp³-hybridized carbons (Fsp3) is 0.227. The van der Waals surface area contributed by atoms with Gasteiger partial charge in [-0.3, -0.25) is 14.5 Å². The Morgan fingerprint density at radius 3 is 2.48 bits per heavy atom. The number of hydrogen-bond acceptors (Lipinski definition) is 5. The largest absolute Gasteiger partial charge is 0.494 e. The van der Waals surface area contributed by atoms with Gasteiger partial charge in [-0.05, 0) is 54.3 Å². The van der Waals surface area contributed by atoms with E-state index in [0.717, 1.165) is 11.3 Å². The van der Waals surface area contributed by atoms with Crippen molar-refractivity contribution in [3.05, 3.63) is 59.7 Å². The molecule has 1 atom stereocenters. The van der Waals surface area contributed by atoms with Crippen molar-refractivity contribution >= 4 is 55.9 Å². The zero-order valence-corrected chi connectivity index (χ0v) is 18.5. The molecule has 2 aromatic carbocycles. The summed E-state index contributed by atoms with van der Waals surface area (Å²) in [6.45, 7) is 2.72. The molecule has 1 heterocycles. The van der Waals surface area contributed by atoms with Crippen molar-refractivity contribution in [2.75, 3.05) is 24.2 Å². The molecular formula is C22H22N2O5S2. The Labute approximate surface area is 187 Å². The van der Waals surface area contributed by atoms with Crippen LogP contribution in [0, 0.1) is 0 Å². The standard InChI is InChI=1S/C22H22N2O5S2/c1-2-29-18-9-3-15(4-10-18)13-31-14-20(30)24(22(31)28)12-11-19(25)23-17-7-5-16(6-8-17)21(26)27/h3-10,13H,2,11-12,14H2,1H3,(H,23,25)(H,26,27). The summed E-state index contributed by atoms with van der Waals surface area (Å²) in [7, 11) is -0.661. The highest BCUT2D eigenvalue weighted by Gasteiger charge is 2.30. The maximum atomic E-state index is 12.8. The van der Waals surface area contributed by atoms with Crippen LogP contribution in [0.4, 0.5) is 10.5 Å². The van der Waals surface area contributed by atoms with Crippen molar-refractivity contribution in [2.45, 2.75) is 13.3 Å². The van der Waals surface area contributed by atoms with Gasteiger partial charge in [-0.25, -0.2) is 4.79 Å². The van der Waals surface area contributed by atoms with E-state index in [4.69, 9.17) is 22.1 Å². The Morgan fingerprint density at radius 2 is 1.87 bits per heavy atom. The van der Waals surface area contributed by atoms with E-state index in [-0.39, 0.29) is 29.7 Å². The van der Waals surface area contributed by atoms with Gasteiger partial charge in [0.2, 0.25) is 5.91 Å². The monoisotopic (exact) mass is 458 g/mol. The molecule has 9 heteroatoms. The van der Waals surface area contributed by atoms with Crippen molar-refractivity contribution in [3.8, 4) is 5.75 Å². The Bertz CT molecular complexity index is 1030. The van der Waals surface area contributed by atoms with Gasteiger partial charge < -0.3 is 15.2 Å². The van der Waals surface area contributed by atoms with Crippen LogP contribution in [0.25, 0.3) is 0 Å². The van der Waals surface area contributed by atoms with Gasteiger partial charge in [0.1, 0.15) is 5.75 Å². The number of carbonyl (C=O) groups excluding carboxylic acids is 2. The number of benzene rings is 2. The molecule has 0 saturated carbocycles. The van der Waals surface area contributed by atoms with E-state index in [1.54, 1.807) is 0 Å². The molecule has 0 spiro atoms. The number of aromatic carboxylic acids is 1. The van der Waals surface area contributed by atoms with Crippen LogP contribution < -0.4 is 10.1 Å². The van der Waals surface area contributed by atoms with E-state index in [9.17, 15) is 14.4 Å². The summed E-state index contributed by atoms with van der Waals surface area (Å²) >= 11 is 5.37. The minimum atomic E-state index is -1.03. The summed E-state index contributed by atoms with van der Waals surface area (Å²) in [5.74, 6) is -0.0570. The SMILES string of the molecule is CCOc1ccc(/C=S2/CC(=S)N(CCC(=O)Nc3ccc(C(=O)O)cc3)C2=O)cc1. The number of nitrogens with zero attached hydrogens (tertiary/aromatic N) is 1. The highest BCUT2D eigenvalue weighted by Crippen LogP contribution is 2.28. The topological polar surface area (TPSA) is 95.9 Å². The number of anilines is 1. The highest BCUT2D eigenvalue weighted by atomic mass is 32.2. The molecule has 2 N–H and O–H groups in total. The Morgan fingerprint density at radius 1 is 1.19 bits per heavy atom. The summed E-state index contributed by atoms with van der Waals surface area (Å²) in [4.78, 5) is 37.9. The lowest BCUT2D eigenvalue weighted by Gasteiger charge is -2.15. The second-order valence-corrected chi connectivity index (χ2v) is 8.89. The molecule has 3 rings (SSSR count). The normalized spacial score (nSPS) is 15.9. The minimum absolute atomic E-state index is 0.0857. The van der Waals surface area contributed by atoms with Gasteiger partial charge in [0.15, 0.2) is 0 Å². The van der Waals surface area contributed by atoms with E-state index in [0.29, 0.717) is 23.0 Å². The van der Waals surface area contributed by atoms with Gasteiger partial charge in [-0.2, -0.15) is 0 Å². The van der Waals surface area contributed by atoms with E-state index in [1.165, 1.54) is 29.2 Å². The molecule has 2 aromatic rings. The third-order valence-corrected chi connectivity index (χ3v) is 6.83. The molecule has 31 heavy (non-hydrogen) atoms. The fourth-order valence-corrected chi connectivity index (χ4v) is 5.24. The number of amides is 2. The summed E-state index contributed by atoms with van der Waals surface area (Å²) < 4.78 is 5.43. The summed E-state index contributed by atoms with van der Waals surface area (Å²) in [6, 6.07) is 13.4. The van der Waals surface area contributed by atoms with Crippen LogP contribution in [0.1, 0.15) is 29.3 Å². The number of carbonyl (C=O) groups is 3. The summed E-state index contributed by atoms with van der Waals surface area (Å²) in [6.07, 6.45) is 0.0901. The molecule has 7 nitrogen and oxygen atoms in total. The third kappa shape index (κ3) is 5.99. The number of nitrogens with one attached hydrogen (secondary N) is 1. The average molecular weight is 459 g/mol. The zero-order chi connectivity index (χ0) is 22.4. The van der Waals surface area contributed by atoms with E-state index in [2.05, 4.69) is 5.32 Å². The van der Waals surface area contributed by atoms with Crippen molar-refractivity contribution in [1.82, 2.24) is 4.90 Å². The van der Waals surface area contributed by atoms with E-state index < -0.39 is 16.5 Å². The molecule has 1 aliphatic rings. The molecule has 0 bridgehead atoms. The average Bonchev–Trinajstić information content (AvgIpc) is 3.01. The highest BCUT2D eigenvalue weighted by molar-refractivity contribution is 8.29. The molecule has 162 valence electrons. The van der Waals surface area contributed by atoms with Gasteiger partial charge in [0, 0.05) is 24.4 Å². The van der Waals surface area contributed by atoms with Gasteiger partial charge in [-0.1, -0.05) is 34.8 Å². The molecule has 0 aromatic heterocycles. The first-order valence-corrected chi connectivity index (χ1v) is 11.5. The van der Waals surface area contributed by atoms with E-state index in [1.807, 2.05) is 36.6 Å². The summed E-state index contributed by atoms with van der Waals surface area (Å²) in [5.41, 5.74) is 1.56. The van der Waals surface area contributed by atoms with Crippen molar-refractivity contribution in [3.63, 3.8) is 0 Å². The smallest absolute Gasteiger partial charge is 0.335 e. The number of thiocarbonyl (C=S) groups is 1. The molecular weight excluding hydrogens is 436 g/mol. The van der Waals surface area contributed by atoms with Crippen LogP contribution in [-0.4, -0.2) is 56.4 Å². The van der Waals surface area contributed by atoms with Crippen LogP contribution >= 0.6 is 22.7 Å². The predicted octanol–water partition coefficient (Wildman–Crippen LogP) is 3.99. The molecule has 1 saturated heterocycles. The van der Waals surface area contributed by atoms with Crippen molar-refractivity contribution < 1.29 is 24.2 Å². The van der Waals surface area contributed by atoms with Crippen LogP contribution in [0.5, 0.6) is 5.75 Å². The lowest BCUT2D eigenvalue weighted by Crippen LogP contribution is -2.31. The first-order valence-electron chi connectivity index (χ1n) is 9.62. The van der Waals surface area contributed by atoms with Crippen LogP contribution in [0.15, 0.2) is 48.5 Å². The minimum Gasteiger partial charge on any atom is -0.494 e. The molecule has 1 aliphatic heterocycles. The molecule has 1 fully saturated rings. The van der Waals surface area contributed by atoms with Gasteiger partial charge in [0.05, 0.1) is 17.2 Å². The number of carboxylic acids is 1. The second kappa shape index (κ2) is 10.3. The fourth-order valence-electron chi connectivity index (χ4n) is 2.93. The quantitative estimate of drug-likeness (QED) is 0.581. The van der Waals surface area contributed by atoms with Crippen LogP contribution in [0.3, 0.4) is 0 Å². The zero-order valence-electron chi connectivity index (χ0n) is 16.9. The van der Waals surface area contributed by atoms with Crippen LogP contribution in [0.2, 0.25) is 0 Å². The lowest BCUT2D eigenvalue weighted by molar-refractivity contribution is -0.116. The number of carboxylic acid groups (broad SMARTS) is 1. The number of ether oxygens (including phenoxy) is 1. The van der Waals surface area contributed by atoms with Gasteiger partial charge in [-0.15, -0.1) is 0 Å². The van der Waals surface area contributed by atoms with Crippen molar-refractivity contribution in [1.29, 1.82) is 0 Å². The second-order valence-electron chi connectivity index (χ2n) is 6.69. The first kappa shape index (κ1) is 22.6.